The molecular formula is C12H15N3S. The Morgan fingerprint density at radius 2 is 2.19 bits per heavy atom. The van der Waals surface area contributed by atoms with Gasteiger partial charge in [0.05, 0.1) is 0 Å². The minimum Gasteiger partial charge on any atom is -0.330 e. The molecule has 1 aromatic heterocycles. The minimum atomic E-state index is 0.708. The topological polar surface area (TPSA) is 51.8 Å². The molecule has 0 bridgehead atoms. The Morgan fingerprint density at radius 1 is 1.31 bits per heavy atom. The molecule has 1 heterocycles. The van der Waals surface area contributed by atoms with E-state index in [-0.39, 0.29) is 0 Å². The number of nitrogens with zero attached hydrogens (tertiary/aromatic N) is 2. The Labute approximate surface area is 99.3 Å². The van der Waals surface area contributed by atoms with Crippen LogP contribution in [0.2, 0.25) is 0 Å². The van der Waals surface area contributed by atoms with E-state index >= 15 is 0 Å². The number of nitrogens with two attached hydrogens (primary N) is 1. The molecule has 0 radical (unpaired) electrons. The molecule has 4 heteroatoms. The first-order chi connectivity index (χ1) is 7.79. The quantitative estimate of drug-likeness (QED) is 0.882. The third-order valence-electron chi connectivity index (χ3n) is 2.33. The van der Waals surface area contributed by atoms with Crippen LogP contribution in [0.15, 0.2) is 24.3 Å². The first kappa shape index (κ1) is 11.2. The number of aryl methyl sites for hydroxylation is 2. The summed E-state index contributed by atoms with van der Waals surface area (Å²) in [5, 5.41) is 10.4. The number of benzene rings is 1. The van der Waals surface area contributed by atoms with Crippen molar-refractivity contribution in [2.75, 3.05) is 6.54 Å². The molecule has 0 atom stereocenters. The number of rotatable bonds is 4. The molecule has 0 aliphatic carbocycles. The number of hydrogen-bond acceptors (Lipinski definition) is 4. The lowest BCUT2D eigenvalue weighted by Gasteiger charge is -1.96. The SMILES string of the molecule is Cc1cccc(-c2nnc(CCCN)s2)c1. The third kappa shape index (κ3) is 2.65. The fourth-order valence-electron chi connectivity index (χ4n) is 1.50. The van der Waals surface area contributed by atoms with E-state index in [1.165, 1.54) is 5.56 Å². The maximum absolute atomic E-state index is 5.47. The summed E-state index contributed by atoms with van der Waals surface area (Å²) in [6, 6.07) is 8.33. The minimum absolute atomic E-state index is 0.708. The van der Waals surface area contributed by atoms with Crippen molar-refractivity contribution in [1.82, 2.24) is 10.2 Å². The Kier molecular flexibility index (Phi) is 3.64. The summed E-state index contributed by atoms with van der Waals surface area (Å²) in [7, 11) is 0. The highest BCUT2D eigenvalue weighted by Crippen LogP contribution is 2.24. The van der Waals surface area contributed by atoms with E-state index in [4.69, 9.17) is 5.73 Å². The molecular weight excluding hydrogens is 218 g/mol. The van der Waals surface area contributed by atoms with Gasteiger partial charge in [-0.05, 0) is 26.0 Å². The van der Waals surface area contributed by atoms with Crippen molar-refractivity contribution in [1.29, 1.82) is 0 Å². The number of hydrogen-bond donors (Lipinski definition) is 1. The Balaban J connectivity index is 2.18. The van der Waals surface area contributed by atoms with Crippen molar-refractivity contribution in [3.8, 4) is 10.6 Å². The second kappa shape index (κ2) is 5.18. The summed E-state index contributed by atoms with van der Waals surface area (Å²) in [6.45, 7) is 2.79. The molecule has 0 fully saturated rings. The van der Waals surface area contributed by atoms with Gasteiger partial charge in [-0.25, -0.2) is 0 Å². The highest BCUT2D eigenvalue weighted by Gasteiger charge is 2.05. The van der Waals surface area contributed by atoms with Crippen molar-refractivity contribution in [3.05, 3.63) is 34.8 Å². The molecule has 2 aromatic rings. The molecule has 2 N–H and O–H groups in total. The summed E-state index contributed by atoms with van der Waals surface area (Å²) in [5.74, 6) is 0. The summed E-state index contributed by atoms with van der Waals surface area (Å²) in [5.41, 5.74) is 7.87. The molecule has 0 saturated carbocycles. The van der Waals surface area contributed by atoms with Crippen LogP contribution in [0.4, 0.5) is 0 Å². The van der Waals surface area contributed by atoms with Crippen LogP contribution in [-0.4, -0.2) is 16.7 Å². The molecule has 84 valence electrons. The molecule has 0 spiro atoms. The van der Waals surface area contributed by atoms with Crippen LogP contribution in [0.3, 0.4) is 0 Å². The zero-order chi connectivity index (χ0) is 11.4. The van der Waals surface area contributed by atoms with E-state index in [0.717, 1.165) is 28.4 Å². The fraction of sp³-hybridized carbons (Fsp3) is 0.333. The highest BCUT2D eigenvalue weighted by atomic mass is 32.1. The standard InChI is InChI=1S/C12H15N3S/c1-9-4-2-5-10(8-9)12-15-14-11(16-12)6-3-7-13/h2,4-5,8H,3,6-7,13H2,1H3. The first-order valence-electron chi connectivity index (χ1n) is 5.39. The van der Waals surface area contributed by atoms with E-state index in [1.54, 1.807) is 11.3 Å². The van der Waals surface area contributed by atoms with Crippen LogP contribution < -0.4 is 5.73 Å². The van der Waals surface area contributed by atoms with E-state index in [1.807, 2.05) is 6.07 Å². The van der Waals surface area contributed by atoms with Gasteiger partial charge in [-0.15, -0.1) is 10.2 Å². The van der Waals surface area contributed by atoms with Crippen molar-refractivity contribution >= 4 is 11.3 Å². The fourth-order valence-corrected chi connectivity index (χ4v) is 2.38. The molecule has 0 saturated heterocycles. The summed E-state index contributed by atoms with van der Waals surface area (Å²) in [4.78, 5) is 0. The monoisotopic (exact) mass is 233 g/mol. The van der Waals surface area contributed by atoms with Crippen LogP contribution in [0.1, 0.15) is 17.0 Å². The third-order valence-corrected chi connectivity index (χ3v) is 3.36. The van der Waals surface area contributed by atoms with E-state index in [9.17, 15) is 0 Å². The molecule has 16 heavy (non-hydrogen) atoms. The maximum Gasteiger partial charge on any atom is 0.147 e. The van der Waals surface area contributed by atoms with E-state index in [2.05, 4.69) is 35.3 Å². The van der Waals surface area contributed by atoms with Gasteiger partial charge in [-0.3, -0.25) is 0 Å². The van der Waals surface area contributed by atoms with Crippen LogP contribution in [0.25, 0.3) is 10.6 Å². The van der Waals surface area contributed by atoms with Gasteiger partial charge in [0.25, 0.3) is 0 Å². The molecule has 0 aliphatic heterocycles. The molecule has 0 amide bonds. The van der Waals surface area contributed by atoms with Gasteiger partial charge >= 0.3 is 0 Å². The van der Waals surface area contributed by atoms with Gasteiger partial charge in [0, 0.05) is 12.0 Å². The molecule has 1 aromatic carbocycles. The second-order valence-corrected chi connectivity index (χ2v) is 4.82. The van der Waals surface area contributed by atoms with Gasteiger partial charge in [0.2, 0.25) is 0 Å². The van der Waals surface area contributed by atoms with Crippen LogP contribution >= 0.6 is 11.3 Å². The molecule has 0 unspecified atom stereocenters. The van der Waals surface area contributed by atoms with Crippen LogP contribution in [-0.2, 0) is 6.42 Å². The lowest BCUT2D eigenvalue weighted by Crippen LogP contribution is -1.99. The largest absolute Gasteiger partial charge is 0.330 e. The first-order valence-corrected chi connectivity index (χ1v) is 6.21. The average Bonchev–Trinajstić information content (AvgIpc) is 2.75. The zero-order valence-corrected chi connectivity index (χ0v) is 10.1. The Hall–Kier alpha value is -1.26. The average molecular weight is 233 g/mol. The van der Waals surface area contributed by atoms with Crippen molar-refractivity contribution in [2.24, 2.45) is 5.73 Å². The van der Waals surface area contributed by atoms with E-state index < -0.39 is 0 Å². The predicted octanol–water partition coefficient (Wildman–Crippen LogP) is 2.40. The Bertz CT molecular complexity index is 465. The summed E-state index contributed by atoms with van der Waals surface area (Å²) >= 11 is 1.66. The Morgan fingerprint density at radius 3 is 2.94 bits per heavy atom. The molecule has 0 aliphatic rings. The van der Waals surface area contributed by atoms with Crippen molar-refractivity contribution in [2.45, 2.75) is 19.8 Å². The lowest BCUT2D eigenvalue weighted by atomic mass is 10.1. The van der Waals surface area contributed by atoms with Gasteiger partial charge in [-0.1, -0.05) is 35.1 Å². The second-order valence-electron chi connectivity index (χ2n) is 3.76. The predicted molar refractivity (Wildman–Crippen MR) is 67.5 cm³/mol. The van der Waals surface area contributed by atoms with Gasteiger partial charge in [0.1, 0.15) is 10.0 Å². The normalized spacial score (nSPS) is 10.6. The molecule has 2 rings (SSSR count). The van der Waals surface area contributed by atoms with Gasteiger partial charge in [0.15, 0.2) is 0 Å². The van der Waals surface area contributed by atoms with Crippen LogP contribution in [0.5, 0.6) is 0 Å². The zero-order valence-electron chi connectivity index (χ0n) is 9.31. The molecule has 3 nitrogen and oxygen atoms in total. The van der Waals surface area contributed by atoms with Crippen molar-refractivity contribution in [3.63, 3.8) is 0 Å². The maximum atomic E-state index is 5.47. The highest BCUT2D eigenvalue weighted by molar-refractivity contribution is 7.14. The van der Waals surface area contributed by atoms with Gasteiger partial charge in [-0.2, -0.15) is 0 Å². The van der Waals surface area contributed by atoms with Gasteiger partial charge < -0.3 is 5.73 Å². The smallest absolute Gasteiger partial charge is 0.147 e. The summed E-state index contributed by atoms with van der Waals surface area (Å²) in [6.07, 6.45) is 1.91. The summed E-state index contributed by atoms with van der Waals surface area (Å²) < 4.78 is 0. The van der Waals surface area contributed by atoms with E-state index in [0.29, 0.717) is 6.54 Å². The number of aromatic nitrogens is 2. The van der Waals surface area contributed by atoms with Crippen LogP contribution in [0, 0.1) is 6.92 Å². The lowest BCUT2D eigenvalue weighted by molar-refractivity contribution is 0.812. The van der Waals surface area contributed by atoms with Crippen molar-refractivity contribution < 1.29 is 0 Å².